The van der Waals surface area contributed by atoms with Crippen LogP contribution in [-0.4, -0.2) is 11.5 Å². The van der Waals surface area contributed by atoms with Gasteiger partial charge in [0.05, 0.1) is 0 Å². The minimum absolute atomic E-state index is 0.865. The summed E-state index contributed by atoms with van der Waals surface area (Å²) in [5, 5.41) is 4.45. The molecule has 3 rings (SSSR count). The summed E-state index contributed by atoms with van der Waals surface area (Å²) in [6, 6.07) is 21.2. The van der Waals surface area contributed by atoms with E-state index in [-0.39, 0.29) is 0 Å². The minimum atomic E-state index is 0.865. The molecule has 0 spiro atoms. The molecule has 24 heavy (non-hydrogen) atoms. The van der Waals surface area contributed by atoms with E-state index >= 15 is 0 Å². The first-order valence-corrected chi connectivity index (χ1v) is 9.15. The van der Waals surface area contributed by atoms with Gasteiger partial charge in [0.25, 0.3) is 0 Å². The average Bonchev–Trinajstić information content (AvgIpc) is 3.10. The molecule has 4 heteroatoms. The Morgan fingerprint density at radius 3 is 2.04 bits per heavy atom. The van der Waals surface area contributed by atoms with Crippen molar-refractivity contribution in [3.05, 3.63) is 82.9 Å². The molecule has 0 saturated carbocycles. The van der Waals surface area contributed by atoms with E-state index < -0.39 is 0 Å². The van der Waals surface area contributed by atoms with Crippen molar-refractivity contribution in [2.75, 3.05) is 11.4 Å². The summed E-state index contributed by atoms with van der Waals surface area (Å²) in [7, 11) is 0. The SMILES string of the molecule is CCNCc1cnc(N(Cc2ccccc2)Cc2ccccc2)s1. The second-order valence-corrected chi connectivity index (χ2v) is 6.81. The van der Waals surface area contributed by atoms with Crippen molar-refractivity contribution in [3.63, 3.8) is 0 Å². The number of aromatic nitrogens is 1. The summed E-state index contributed by atoms with van der Waals surface area (Å²) >= 11 is 1.77. The Balaban J connectivity index is 1.79. The number of anilines is 1. The fourth-order valence-electron chi connectivity index (χ4n) is 2.57. The highest BCUT2D eigenvalue weighted by molar-refractivity contribution is 7.15. The van der Waals surface area contributed by atoms with Gasteiger partial charge in [-0.15, -0.1) is 11.3 Å². The molecule has 1 heterocycles. The lowest BCUT2D eigenvalue weighted by Crippen LogP contribution is -2.21. The molecule has 0 atom stereocenters. The van der Waals surface area contributed by atoms with Gasteiger partial charge in [-0.1, -0.05) is 67.6 Å². The van der Waals surface area contributed by atoms with Gasteiger partial charge in [-0.2, -0.15) is 0 Å². The fraction of sp³-hybridized carbons (Fsp3) is 0.250. The maximum absolute atomic E-state index is 4.67. The second kappa shape index (κ2) is 8.62. The molecule has 0 fully saturated rings. The summed E-state index contributed by atoms with van der Waals surface area (Å²) in [5.41, 5.74) is 2.61. The standard InChI is InChI=1S/C20H23N3S/c1-2-21-13-19-14-22-20(24-19)23(15-17-9-5-3-6-10-17)16-18-11-7-4-8-12-18/h3-12,14,21H,2,13,15-16H2,1H3. The van der Waals surface area contributed by atoms with Gasteiger partial charge in [0.15, 0.2) is 5.13 Å². The number of benzene rings is 2. The molecule has 1 aromatic heterocycles. The lowest BCUT2D eigenvalue weighted by Gasteiger charge is -2.22. The molecule has 3 aromatic rings. The van der Waals surface area contributed by atoms with E-state index in [4.69, 9.17) is 0 Å². The van der Waals surface area contributed by atoms with Crippen LogP contribution >= 0.6 is 11.3 Å². The molecule has 0 aliphatic carbocycles. The Kier molecular flexibility index (Phi) is 5.99. The van der Waals surface area contributed by atoms with Crippen molar-refractivity contribution in [3.8, 4) is 0 Å². The lowest BCUT2D eigenvalue weighted by molar-refractivity contribution is 0.734. The molecular weight excluding hydrogens is 314 g/mol. The van der Waals surface area contributed by atoms with Crippen LogP contribution in [0.2, 0.25) is 0 Å². The summed E-state index contributed by atoms with van der Waals surface area (Å²) in [6.07, 6.45) is 1.99. The number of nitrogens with zero attached hydrogens (tertiary/aromatic N) is 2. The van der Waals surface area contributed by atoms with Crippen LogP contribution in [-0.2, 0) is 19.6 Å². The van der Waals surface area contributed by atoms with Gasteiger partial charge in [-0.05, 0) is 17.7 Å². The normalized spacial score (nSPS) is 10.7. The van der Waals surface area contributed by atoms with E-state index in [0.717, 1.165) is 31.3 Å². The van der Waals surface area contributed by atoms with Gasteiger partial charge in [0, 0.05) is 30.7 Å². The zero-order valence-corrected chi connectivity index (χ0v) is 14.8. The van der Waals surface area contributed by atoms with Gasteiger partial charge in [-0.3, -0.25) is 0 Å². The third-order valence-electron chi connectivity index (χ3n) is 3.79. The summed E-state index contributed by atoms with van der Waals surface area (Å²) in [6.45, 7) is 5.72. The van der Waals surface area contributed by atoms with Crippen molar-refractivity contribution in [2.45, 2.75) is 26.6 Å². The molecular formula is C20H23N3S. The average molecular weight is 337 g/mol. The third-order valence-corrected chi connectivity index (χ3v) is 4.85. The first-order chi connectivity index (χ1) is 11.8. The van der Waals surface area contributed by atoms with Crippen LogP contribution in [0.15, 0.2) is 66.9 Å². The topological polar surface area (TPSA) is 28.2 Å². The number of hydrogen-bond acceptors (Lipinski definition) is 4. The lowest BCUT2D eigenvalue weighted by atomic mass is 10.2. The van der Waals surface area contributed by atoms with Crippen molar-refractivity contribution >= 4 is 16.5 Å². The van der Waals surface area contributed by atoms with Crippen LogP contribution in [0.3, 0.4) is 0 Å². The van der Waals surface area contributed by atoms with Crippen LogP contribution in [0.25, 0.3) is 0 Å². The Hall–Kier alpha value is -2.17. The predicted molar refractivity (Wildman–Crippen MR) is 102 cm³/mol. The van der Waals surface area contributed by atoms with Crippen LogP contribution in [0.5, 0.6) is 0 Å². The molecule has 0 aliphatic heterocycles. The van der Waals surface area contributed by atoms with E-state index in [1.165, 1.54) is 16.0 Å². The Labute approximate surface area is 148 Å². The molecule has 124 valence electrons. The van der Waals surface area contributed by atoms with Crippen LogP contribution < -0.4 is 10.2 Å². The number of thiazole rings is 1. The number of nitrogens with one attached hydrogen (secondary N) is 1. The highest BCUT2D eigenvalue weighted by Crippen LogP contribution is 2.26. The van der Waals surface area contributed by atoms with Crippen LogP contribution in [0.1, 0.15) is 22.9 Å². The second-order valence-electron chi connectivity index (χ2n) is 5.72. The van der Waals surface area contributed by atoms with Gasteiger partial charge < -0.3 is 10.2 Å². The fourth-order valence-corrected chi connectivity index (χ4v) is 3.45. The largest absolute Gasteiger partial charge is 0.339 e. The van der Waals surface area contributed by atoms with Crippen molar-refractivity contribution in [2.24, 2.45) is 0 Å². The van der Waals surface area contributed by atoms with E-state index in [2.05, 4.69) is 82.8 Å². The summed E-state index contributed by atoms with van der Waals surface area (Å²) < 4.78 is 0. The molecule has 3 nitrogen and oxygen atoms in total. The Morgan fingerprint density at radius 2 is 1.50 bits per heavy atom. The highest BCUT2D eigenvalue weighted by Gasteiger charge is 2.12. The van der Waals surface area contributed by atoms with Crippen molar-refractivity contribution < 1.29 is 0 Å². The number of rotatable bonds is 8. The zero-order chi connectivity index (χ0) is 16.6. The van der Waals surface area contributed by atoms with Crippen LogP contribution in [0.4, 0.5) is 5.13 Å². The molecule has 0 bridgehead atoms. The molecule has 0 aliphatic rings. The van der Waals surface area contributed by atoms with Gasteiger partial charge in [-0.25, -0.2) is 4.98 Å². The van der Waals surface area contributed by atoms with E-state index in [9.17, 15) is 0 Å². The van der Waals surface area contributed by atoms with E-state index in [1.807, 2.05) is 6.20 Å². The predicted octanol–water partition coefficient (Wildman–Crippen LogP) is 4.46. The van der Waals surface area contributed by atoms with Gasteiger partial charge in [0.1, 0.15) is 0 Å². The molecule has 2 aromatic carbocycles. The third kappa shape index (κ3) is 4.66. The Morgan fingerprint density at radius 1 is 0.917 bits per heavy atom. The molecule has 0 unspecified atom stereocenters. The van der Waals surface area contributed by atoms with Gasteiger partial charge in [0.2, 0.25) is 0 Å². The first-order valence-electron chi connectivity index (χ1n) is 8.33. The smallest absolute Gasteiger partial charge is 0.186 e. The van der Waals surface area contributed by atoms with Crippen molar-refractivity contribution in [1.29, 1.82) is 0 Å². The first kappa shape index (κ1) is 16.7. The molecule has 0 saturated heterocycles. The summed E-state index contributed by atoms with van der Waals surface area (Å²) in [4.78, 5) is 8.29. The number of hydrogen-bond donors (Lipinski definition) is 1. The summed E-state index contributed by atoms with van der Waals surface area (Å²) in [5.74, 6) is 0. The van der Waals surface area contributed by atoms with E-state index in [0.29, 0.717) is 0 Å². The van der Waals surface area contributed by atoms with Crippen molar-refractivity contribution in [1.82, 2.24) is 10.3 Å². The van der Waals surface area contributed by atoms with Crippen LogP contribution in [0, 0.1) is 0 Å². The maximum Gasteiger partial charge on any atom is 0.186 e. The maximum atomic E-state index is 4.67. The monoisotopic (exact) mass is 337 g/mol. The Bertz CT molecular complexity index is 683. The minimum Gasteiger partial charge on any atom is -0.339 e. The highest BCUT2D eigenvalue weighted by atomic mass is 32.1. The van der Waals surface area contributed by atoms with E-state index in [1.54, 1.807) is 11.3 Å². The molecule has 0 radical (unpaired) electrons. The quantitative estimate of drug-likeness (QED) is 0.658. The molecule has 1 N–H and O–H groups in total. The zero-order valence-electron chi connectivity index (χ0n) is 14.0. The van der Waals surface area contributed by atoms with Gasteiger partial charge >= 0.3 is 0 Å². The molecule has 0 amide bonds.